The van der Waals surface area contributed by atoms with Crippen molar-refractivity contribution in [1.82, 2.24) is 0 Å². The van der Waals surface area contributed by atoms with Crippen molar-refractivity contribution in [2.24, 2.45) is 0 Å². The molecule has 2 heterocycles. The van der Waals surface area contributed by atoms with Gasteiger partial charge in [0.2, 0.25) is 0 Å². The Labute approximate surface area is 204 Å². The summed E-state index contributed by atoms with van der Waals surface area (Å²) in [4.78, 5) is 15.3. The summed E-state index contributed by atoms with van der Waals surface area (Å²) in [5.41, 5.74) is 6.86. The Hall–Kier alpha value is -4.25. The van der Waals surface area contributed by atoms with Crippen molar-refractivity contribution in [3.05, 3.63) is 112 Å². The van der Waals surface area contributed by atoms with E-state index in [-0.39, 0.29) is 5.97 Å². The van der Waals surface area contributed by atoms with Crippen molar-refractivity contribution in [1.29, 1.82) is 0 Å². The molecule has 0 radical (unpaired) electrons. The van der Waals surface area contributed by atoms with Gasteiger partial charge in [0, 0.05) is 36.6 Å². The predicted octanol–water partition coefficient (Wildman–Crippen LogP) is 6.68. The number of anilines is 3. The third-order valence-electron chi connectivity index (χ3n) is 6.80. The number of esters is 1. The van der Waals surface area contributed by atoms with Gasteiger partial charge in [-0.05, 0) is 61.9 Å². The first-order chi connectivity index (χ1) is 16.9. The van der Waals surface area contributed by atoms with Gasteiger partial charge in [-0.2, -0.15) is 0 Å². The van der Waals surface area contributed by atoms with Gasteiger partial charge in [0.15, 0.2) is 5.60 Å². The van der Waals surface area contributed by atoms with Gasteiger partial charge in [0.05, 0.1) is 16.8 Å². The van der Waals surface area contributed by atoms with Crippen LogP contribution in [0.3, 0.4) is 0 Å². The molecular weight excluding hydrogens is 436 g/mol. The normalized spacial score (nSPS) is 17.2. The fourth-order valence-corrected chi connectivity index (χ4v) is 5.30. The number of nitrogens with one attached hydrogen (secondary N) is 1. The Morgan fingerprint density at radius 3 is 2.49 bits per heavy atom. The van der Waals surface area contributed by atoms with E-state index in [9.17, 15) is 4.79 Å². The number of carbonyl (C=O) groups excluding carboxylic acids is 1. The van der Waals surface area contributed by atoms with E-state index < -0.39 is 5.60 Å². The van der Waals surface area contributed by atoms with Gasteiger partial charge in [-0.15, -0.1) is 0 Å². The zero-order valence-electron chi connectivity index (χ0n) is 20.2. The quantitative estimate of drug-likeness (QED) is 0.344. The molecular formula is C30H26N2O3. The number of rotatable bonds is 3. The smallest absolute Gasteiger partial charge is 0.340 e. The van der Waals surface area contributed by atoms with Crippen molar-refractivity contribution in [2.45, 2.75) is 19.4 Å². The number of benzene rings is 4. The fourth-order valence-electron chi connectivity index (χ4n) is 5.30. The van der Waals surface area contributed by atoms with Crippen LogP contribution >= 0.6 is 0 Å². The molecule has 0 bridgehead atoms. The van der Waals surface area contributed by atoms with Gasteiger partial charge in [0.25, 0.3) is 0 Å². The van der Waals surface area contributed by atoms with Gasteiger partial charge < -0.3 is 19.7 Å². The number of fused-ring (bicyclic) bond motifs is 6. The molecule has 4 aromatic carbocycles. The summed E-state index contributed by atoms with van der Waals surface area (Å²) in [6, 6.07) is 25.9. The van der Waals surface area contributed by atoms with Crippen molar-refractivity contribution in [3.63, 3.8) is 0 Å². The minimum atomic E-state index is -1.11. The standard InChI is InChI=1S/C30H26N2O3/c1-18-15-19(2)28-24(16-18)30(23-12-6-5-11-22(23)29(33)35-30)27-25(13-8-14-26(27)34-28)31-20-9-7-10-21(17-20)32(3)4/h5-17,31H,1-4H3. The van der Waals surface area contributed by atoms with Crippen molar-refractivity contribution in [3.8, 4) is 11.5 Å². The SMILES string of the molecule is Cc1cc(C)c2c(c1)C1(OC(=O)c3ccccc31)c1c(Nc3cccc(N(C)C)c3)cccc1O2. The van der Waals surface area contributed by atoms with E-state index >= 15 is 0 Å². The van der Waals surface area contributed by atoms with E-state index in [1.165, 1.54) is 0 Å². The minimum Gasteiger partial charge on any atom is -0.456 e. The fraction of sp³-hybridized carbons (Fsp3) is 0.167. The molecule has 2 aliphatic heterocycles. The van der Waals surface area contributed by atoms with Crippen LogP contribution in [0, 0.1) is 13.8 Å². The zero-order chi connectivity index (χ0) is 24.3. The molecule has 1 atom stereocenters. The Bertz CT molecular complexity index is 1510. The molecule has 2 aliphatic rings. The van der Waals surface area contributed by atoms with Crippen LogP contribution in [0.1, 0.15) is 38.2 Å². The zero-order valence-corrected chi connectivity index (χ0v) is 20.2. The third kappa shape index (κ3) is 3.12. The molecule has 1 unspecified atom stereocenters. The lowest BCUT2D eigenvalue weighted by Crippen LogP contribution is -2.34. The Morgan fingerprint density at radius 2 is 1.66 bits per heavy atom. The van der Waals surface area contributed by atoms with E-state index in [0.29, 0.717) is 11.3 Å². The van der Waals surface area contributed by atoms with Gasteiger partial charge in [-0.25, -0.2) is 4.79 Å². The highest BCUT2D eigenvalue weighted by molar-refractivity contribution is 5.97. The largest absolute Gasteiger partial charge is 0.456 e. The second-order valence-electron chi connectivity index (χ2n) is 9.43. The lowest BCUT2D eigenvalue weighted by atomic mass is 9.76. The molecule has 0 saturated heterocycles. The van der Waals surface area contributed by atoms with Crippen LogP contribution in [0.15, 0.2) is 78.9 Å². The molecule has 6 rings (SSSR count). The Balaban J connectivity index is 1.63. The molecule has 0 saturated carbocycles. The lowest BCUT2D eigenvalue weighted by molar-refractivity contribution is 0.0226. The Morgan fingerprint density at radius 1 is 0.857 bits per heavy atom. The van der Waals surface area contributed by atoms with Crippen LogP contribution in [-0.4, -0.2) is 20.1 Å². The topological polar surface area (TPSA) is 50.8 Å². The number of hydrogen-bond acceptors (Lipinski definition) is 5. The van der Waals surface area contributed by atoms with Crippen LogP contribution in [-0.2, 0) is 10.3 Å². The summed E-state index contributed by atoms with van der Waals surface area (Å²) >= 11 is 0. The Kier molecular flexibility index (Phi) is 4.65. The summed E-state index contributed by atoms with van der Waals surface area (Å²) < 4.78 is 12.9. The molecule has 0 amide bonds. The average molecular weight is 463 g/mol. The first-order valence-electron chi connectivity index (χ1n) is 11.7. The average Bonchev–Trinajstić information content (AvgIpc) is 3.13. The van der Waals surface area contributed by atoms with Crippen LogP contribution in [0.2, 0.25) is 0 Å². The molecule has 1 N–H and O–H groups in total. The maximum Gasteiger partial charge on any atom is 0.340 e. The first kappa shape index (κ1) is 21.3. The monoisotopic (exact) mass is 462 g/mol. The summed E-state index contributed by atoms with van der Waals surface area (Å²) in [5.74, 6) is 1.07. The van der Waals surface area contributed by atoms with Gasteiger partial charge >= 0.3 is 5.97 Å². The lowest BCUT2D eigenvalue weighted by Gasteiger charge is -2.38. The molecule has 1 spiro atoms. The van der Waals surface area contributed by atoms with Gasteiger partial charge in [-0.3, -0.25) is 0 Å². The highest BCUT2D eigenvalue weighted by atomic mass is 16.6. The molecule has 0 fully saturated rings. The maximum atomic E-state index is 13.2. The number of carbonyl (C=O) groups is 1. The number of hydrogen-bond donors (Lipinski definition) is 1. The van der Waals surface area contributed by atoms with Crippen LogP contribution in [0.25, 0.3) is 0 Å². The molecule has 5 heteroatoms. The molecule has 0 aliphatic carbocycles. The first-order valence-corrected chi connectivity index (χ1v) is 11.7. The minimum absolute atomic E-state index is 0.331. The van der Waals surface area contributed by atoms with Crippen LogP contribution in [0.4, 0.5) is 17.1 Å². The van der Waals surface area contributed by atoms with E-state index in [0.717, 1.165) is 50.6 Å². The van der Waals surface area contributed by atoms with Crippen molar-refractivity contribution in [2.75, 3.05) is 24.3 Å². The van der Waals surface area contributed by atoms with E-state index in [2.05, 4.69) is 41.4 Å². The van der Waals surface area contributed by atoms with E-state index in [1.54, 1.807) is 0 Å². The summed E-state index contributed by atoms with van der Waals surface area (Å²) in [7, 11) is 4.03. The summed E-state index contributed by atoms with van der Waals surface area (Å²) in [6.07, 6.45) is 0. The van der Waals surface area contributed by atoms with Crippen LogP contribution < -0.4 is 15.0 Å². The van der Waals surface area contributed by atoms with Crippen molar-refractivity contribution < 1.29 is 14.3 Å². The molecule has 0 aromatic heterocycles. The number of aryl methyl sites for hydroxylation is 2. The maximum absolute atomic E-state index is 13.2. The molecule has 174 valence electrons. The second-order valence-corrected chi connectivity index (χ2v) is 9.43. The number of ether oxygens (including phenoxy) is 2. The van der Waals surface area contributed by atoms with E-state index in [1.807, 2.05) is 75.6 Å². The summed E-state index contributed by atoms with van der Waals surface area (Å²) in [6.45, 7) is 4.08. The molecule has 5 nitrogen and oxygen atoms in total. The van der Waals surface area contributed by atoms with Crippen molar-refractivity contribution >= 4 is 23.0 Å². The van der Waals surface area contributed by atoms with Crippen LogP contribution in [0.5, 0.6) is 11.5 Å². The highest BCUT2D eigenvalue weighted by Crippen LogP contribution is 2.59. The van der Waals surface area contributed by atoms with Gasteiger partial charge in [-0.1, -0.05) is 42.0 Å². The van der Waals surface area contributed by atoms with Gasteiger partial charge in [0.1, 0.15) is 11.5 Å². The summed E-state index contributed by atoms with van der Waals surface area (Å²) in [5, 5.41) is 3.59. The molecule has 4 aromatic rings. The third-order valence-corrected chi connectivity index (χ3v) is 6.80. The van der Waals surface area contributed by atoms with E-state index in [4.69, 9.17) is 9.47 Å². The second kappa shape index (κ2) is 7.64. The highest BCUT2D eigenvalue weighted by Gasteiger charge is 2.55. The predicted molar refractivity (Wildman–Crippen MR) is 138 cm³/mol. The molecule has 35 heavy (non-hydrogen) atoms. The number of nitrogens with zero attached hydrogens (tertiary/aromatic N) is 1.